The number of rotatable bonds is 2. The third-order valence-corrected chi connectivity index (χ3v) is 3.42. The number of hydrogen-bond donors (Lipinski definition) is 1. The molecular weight excluding hydrogens is 263 g/mol. The molecule has 1 aliphatic carbocycles. The fraction of sp³-hybridized carbons (Fsp3) is 0.333. The summed E-state index contributed by atoms with van der Waals surface area (Å²) < 4.78 is 18.2. The Morgan fingerprint density at radius 3 is 2.65 bits per heavy atom. The van der Waals surface area contributed by atoms with E-state index in [0.29, 0.717) is 5.56 Å². The predicted octanol–water partition coefficient (Wildman–Crippen LogP) is 2.52. The average Bonchev–Trinajstić information content (AvgIpc) is 2.37. The first-order valence-electron chi connectivity index (χ1n) is 6.26. The Bertz CT molecular complexity index is 629. The zero-order valence-electron chi connectivity index (χ0n) is 11.5. The van der Waals surface area contributed by atoms with Gasteiger partial charge in [-0.3, -0.25) is 4.79 Å². The lowest BCUT2D eigenvalue weighted by atomic mass is 9.71. The predicted molar refractivity (Wildman–Crippen MR) is 70.6 cm³/mol. The first kappa shape index (κ1) is 14.2. The molecule has 0 bridgehead atoms. The molecule has 1 aromatic rings. The smallest absolute Gasteiger partial charge is 0.345 e. The van der Waals surface area contributed by atoms with Crippen LogP contribution < -0.4 is 0 Å². The number of aliphatic hydroxyl groups is 1. The average molecular weight is 278 g/mol. The molecule has 0 saturated heterocycles. The van der Waals surface area contributed by atoms with Crippen molar-refractivity contribution in [1.29, 1.82) is 0 Å². The number of fused-ring (bicyclic) bond motifs is 1. The first-order valence-corrected chi connectivity index (χ1v) is 6.26. The van der Waals surface area contributed by atoms with Gasteiger partial charge in [0.15, 0.2) is 5.78 Å². The lowest BCUT2D eigenvalue weighted by molar-refractivity contribution is -0.140. The van der Waals surface area contributed by atoms with Gasteiger partial charge in [-0.2, -0.15) is 0 Å². The molecule has 0 saturated carbocycles. The second-order valence-corrected chi connectivity index (χ2v) is 5.09. The minimum Gasteiger partial charge on any atom is -0.506 e. The number of halogens is 1. The van der Waals surface area contributed by atoms with Crippen LogP contribution >= 0.6 is 0 Å². The lowest BCUT2D eigenvalue weighted by Gasteiger charge is -2.31. The normalized spacial score (nSPS) is 16.9. The van der Waals surface area contributed by atoms with E-state index >= 15 is 0 Å². The highest BCUT2D eigenvalue weighted by atomic mass is 19.1. The second kappa shape index (κ2) is 4.74. The molecule has 0 aromatic heterocycles. The van der Waals surface area contributed by atoms with Crippen LogP contribution in [0.4, 0.5) is 4.39 Å². The maximum atomic E-state index is 13.4. The van der Waals surface area contributed by atoms with Crippen molar-refractivity contribution in [1.82, 2.24) is 0 Å². The highest BCUT2D eigenvalue weighted by molar-refractivity contribution is 6.26. The van der Waals surface area contributed by atoms with Crippen LogP contribution in [-0.4, -0.2) is 23.5 Å². The molecule has 0 radical (unpaired) electrons. The van der Waals surface area contributed by atoms with Gasteiger partial charge < -0.3 is 9.84 Å². The third-order valence-electron chi connectivity index (χ3n) is 3.42. The molecule has 1 aromatic carbocycles. The van der Waals surface area contributed by atoms with Crippen molar-refractivity contribution in [3.63, 3.8) is 0 Å². The first-order chi connectivity index (χ1) is 9.30. The Balaban J connectivity index is 2.70. The lowest BCUT2D eigenvalue weighted by Crippen LogP contribution is -2.38. The van der Waals surface area contributed by atoms with Crippen LogP contribution in [-0.2, 0) is 19.7 Å². The van der Waals surface area contributed by atoms with Crippen LogP contribution in [0.2, 0.25) is 0 Å². The minimum atomic E-state index is -1.11. The largest absolute Gasteiger partial charge is 0.506 e. The molecule has 106 valence electrons. The summed E-state index contributed by atoms with van der Waals surface area (Å²) in [5.74, 6) is -2.40. The third kappa shape index (κ3) is 1.99. The number of carbonyl (C=O) groups excluding carboxylic acids is 2. The number of esters is 1. The van der Waals surface area contributed by atoms with Gasteiger partial charge in [-0.05, 0) is 44.5 Å². The standard InChI is InChI=1S/C15H15FO4/c1-4-20-14(19)11-12(17)9-6-5-8(16)7-10(9)15(2,3)13(11)18/h5-7,17H,4H2,1-3H3. The second-order valence-electron chi connectivity index (χ2n) is 5.09. The number of carbonyl (C=O) groups is 2. The zero-order valence-corrected chi connectivity index (χ0v) is 11.5. The summed E-state index contributed by atoms with van der Waals surface area (Å²) in [6, 6.07) is 3.72. The molecule has 5 heteroatoms. The minimum absolute atomic E-state index is 0.0968. The number of hydrogen-bond acceptors (Lipinski definition) is 4. The monoisotopic (exact) mass is 278 g/mol. The van der Waals surface area contributed by atoms with Gasteiger partial charge >= 0.3 is 5.97 Å². The van der Waals surface area contributed by atoms with E-state index in [2.05, 4.69) is 0 Å². The summed E-state index contributed by atoms with van der Waals surface area (Å²) in [6.07, 6.45) is 0. The van der Waals surface area contributed by atoms with E-state index in [1.807, 2.05) is 0 Å². The van der Waals surface area contributed by atoms with Crippen molar-refractivity contribution < 1.29 is 23.8 Å². The van der Waals surface area contributed by atoms with Gasteiger partial charge in [0.2, 0.25) is 0 Å². The summed E-state index contributed by atoms with van der Waals surface area (Å²) in [7, 11) is 0. The molecule has 0 amide bonds. The SMILES string of the molecule is CCOC(=O)C1=C(O)c2ccc(F)cc2C(C)(C)C1=O. The summed E-state index contributed by atoms with van der Waals surface area (Å²) in [4.78, 5) is 24.3. The fourth-order valence-corrected chi connectivity index (χ4v) is 2.31. The Labute approximate surface area is 115 Å². The van der Waals surface area contributed by atoms with Gasteiger partial charge in [0.25, 0.3) is 0 Å². The van der Waals surface area contributed by atoms with Gasteiger partial charge in [-0.25, -0.2) is 9.18 Å². The van der Waals surface area contributed by atoms with Crippen LogP contribution in [0.5, 0.6) is 0 Å². The maximum Gasteiger partial charge on any atom is 0.345 e. The number of aliphatic hydroxyl groups excluding tert-OH is 1. The van der Waals surface area contributed by atoms with Crippen molar-refractivity contribution >= 4 is 17.5 Å². The van der Waals surface area contributed by atoms with Crippen molar-refractivity contribution in [2.24, 2.45) is 0 Å². The number of ketones is 1. The van der Waals surface area contributed by atoms with Gasteiger partial charge in [-0.15, -0.1) is 0 Å². The number of ether oxygens (including phenoxy) is 1. The molecule has 2 rings (SSSR count). The highest BCUT2D eigenvalue weighted by Gasteiger charge is 2.44. The van der Waals surface area contributed by atoms with E-state index in [1.54, 1.807) is 20.8 Å². The number of Topliss-reactive ketones (excluding diaryl/α,β-unsaturated/α-hetero) is 1. The van der Waals surface area contributed by atoms with Crippen LogP contribution in [0.15, 0.2) is 23.8 Å². The number of benzene rings is 1. The van der Waals surface area contributed by atoms with Crippen LogP contribution in [0.1, 0.15) is 31.9 Å². The van der Waals surface area contributed by atoms with E-state index < -0.39 is 28.7 Å². The molecular formula is C15H15FO4. The van der Waals surface area contributed by atoms with Crippen molar-refractivity contribution in [3.05, 3.63) is 40.7 Å². The van der Waals surface area contributed by atoms with E-state index in [1.165, 1.54) is 18.2 Å². The summed E-state index contributed by atoms with van der Waals surface area (Å²) in [6.45, 7) is 4.87. The van der Waals surface area contributed by atoms with Gasteiger partial charge in [-0.1, -0.05) is 0 Å². The molecule has 20 heavy (non-hydrogen) atoms. The van der Waals surface area contributed by atoms with E-state index in [0.717, 1.165) is 0 Å². The molecule has 1 N–H and O–H groups in total. The van der Waals surface area contributed by atoms with Gasteiger partial charge in [0.1, 0.15) is 17.1 Å². The maximum absolute atomic E-state index is 13.4. The molecule has 1 aliphatic rings. The molecule has 4 nitrogen and oxygen atoms in total. The quantitative estimate of drug-likeness (QED) is 0.667. The van der Waals surface area contributed by atoms with Crippen LogP contribution in [0.25, 0.3) is 5.76 Å². The van der Waals surface area contributed by atoms with E-state index in [4.69, 9.17) is 4.74 Å². The molecule has 0 spiro atoms. The van der Waals surface area contributed by atoms with Gasteiger partial charge in [0, 0.05) is 5.56 Å². The highest BCUT2D eigenvalue weighted by Crippen LogP contribution is 2.39. The summed E-state index contributed by atoms with van der Waals surface area (Å²) in [5, 5.41) is 10.1. The van der Waals surface area contributed by atoms with Gasteiger partial charge in [0.05, 0.1) is 12.0 Å². The molecule has 0 heterocycles. The summed E-state index contributed by atoms with van der Waals surface area (Å²) >= 11 is 0. The molecule has 0 atom stereocenters. The molecule has 0 unspecified atom stereocenters. The van der Waals surface area contributed by atoms with Crippen molar-refractivity contribution in [3.8, 4) is 0 Å². The Kier molecular flexibility index (Phi) is 3.38. The fourth-order valence-electron chi connectivity index (χ4n) is 2.31. The Morgan fingerprint density at radius 1 is 1.40 bits per heavy atom. The van der Waals surface area contributed by atoms with Crippen molar-refractivity contribution in [2.45, 2.75) is 26.2 Å². The van der Waals surface area contributed by atoms with Crippen molar-refractivity contribution in [2.75, 3.05) is 6.61 Å². The van der Waals surface area contributed by atoms with E-state index in [-0.39, 0.29) is 17.7 Å². The van der Waals surface area contributed by atoms with Crippen LogP contribution in [0.3, 0.4) is 0 Å². The molecule has 0 fully saturated rings. The Hall–Kier alpha value is -2.17. The zero-order chi connectivity index (χ0) is 15.1. The topological polar surface area (TPSA) is 63.6 Å². The summed E-state index contributed by atoms with van der Waals surface area (Å²) in [5.41, 5.74) is -0.853. The van der Waals surface area contributed by atoms with E-state index in [9.17, 15) is 19.1 Å². The Morgan fingerprint density at radius 2 is 2.05 bits per heavy atom. The van der Waals surface area contributed by atoms with Crippen LogP contribution in [0, 0.1) is 5.82 Å². The molecule has 0 aliphatic heterocycles.